The Morgan fingerprint density at radius 3 is 1.59 bits per heavy atom. The lowest BCUT2D eigenvalue weighted by Gasteiger charge is -2.23. The topological polar surface area (TPSA) is 254 Å². The van der Waals surface area contributed by atoms with Gasteiger partial charge in [0.1, 0.15) is 24.2 Å². The van der Waals surface area contributed by atoms with Crippen LogP contribution in [0.5, 0.6) is 0 Å². The van der Waals surface area contributed by atoms with E-state index in [0.29, 0.717) is 0 Å². The summed E-state index contributed by atoms with van der Waals surface area (Å²) in [6, 6.07) is -6.27. The summed E-state index contributed by atoms with van der Waals surface area (Å²) in [7, 11) is 0. The maximum atomic E-state index is 12.1. The number of hydrogen-bond acceptors (Lipinski definition) is 9. The SMILES string of the molecule is NC(=O)CC(NC(=O)C(CO)NC(=O)C(N)CO)C(=O)NC(CO)C(=O)O. The first-order chi connectivity index (χ1) is 12.6. The lowest BCUT2D eigenvalue weighted by Crippen LogP contribution is -2.59. The van der Waals surface area contributed by atoms with Crippen molar-refractivity contribution in [3.63, 3.8) is 0 Å². The van der Waals surface area contributed by atoms with Crippen LogP contribution in [-0.2, 0) is 24.0 Å². The van der Waals surface area contributed by atoms with Crippen molar-refractivity contribution < 1.29 is 44.4 Å². The third-order valence-corrected chi connectivity index (χ3v) is 3.18. The maximum Gasteiger partial charge on any atom is 0.328 e. The van der Waals surface area contributed by atoms with Crippen LogP contribution in [0.2, 0.25) is 0 Å². The van der Waals surface area contributed by atoms with Crippen LogP contribution in [0.15, 0.2) is 0 Å². The highest BCUT2D eigenvalue weighted by Crippen LogP contribution is 1.97. The first-order valence-corrected chi connectivity index (χ1v) is 7.57. The van der Waals surface area contributed by atoms with E-state index in [2.05, 4.69) is 0 Å². The summed E-state index contributed by atoms with van der Waals surface area (Å²) in [5.41, 5.74) is 10.2. The second-order valence-electron chi connectivity index (χ2n) is 5.35. The minimum Gasteiger partial charge on any atom is -0.480 e. The van der Waals surface area contributed by atoms with Crippen molar-refractivity contribution in [2.45, 2.75) is 30.6 Å². The van der Waals surface area contributed by atoms with Crippen LogP contribution in [-0.4, -0.2) is 94.0 Å². The molecule has 0 aliphatic carbocycles. The van der Waals surface area contributed by atoms with E-state index in [1.165, 1.54) is 0 Å². The highest BCUT2D eigenvalue weighted by molar-refractivity contribution is 5.96. The third kappa shape index (κ3) is 8.41. The van der Waals surface area contributed by atoms with Gasteiger partial charge in [-0.2, -0.15) is 0 Å². The molecule has 0 aliphatic rings. The van der Waals surface area contributed by atoms with Crippen LogP contribution in [0, 0.1) is 0 Å². The zero-order valence-corrected chi connectivity index (χ0v) is 14.1. The van der Waals surface area contributed by atoms with Crippen LogP contribution >= 0.6 is 0 Å². The van der Waals surface area contributed by atoms with Gasteiger partial charge in [-0.05, 0) is 0 Å². The van der Waals surface area contributed by atoms with Gasteiger partial charge in [0.25, 0.3) is 0 Å². The van der Waals surface area contributed by atoms with Gasteiger partial charge >= 0.3 is 5.97 Å². The van der Waals surface area contributed by atoms with Gasteiger partial charge in [-0.15, -0.1) is 0 Å². The molecule has 14 nitrogen and oxygen atoms in total. The number of nitrogens with one attached hydrogen (secondary N) is 3. The molecule has 4 atom stereocenters. The molecule has 0 saturated carbocycles. The van der Waals surface area contributed by atoms with Crippen LogP contribution in [0.4, 0.5) is 0 Å². The summed E-state index contributed by atoms with van der Waals surface area (Å²) < 4.78 is 0. The lowest BCUT2D eigenvalue weighted by atomic mass is 10.1. The van der Waals surface area contributed by atoms with Gasteiger partial charge in [-0.1, -0.05) is 0 Å². The van der Waals surface area contributed by atoms with Gasteiger partial charge in [0.15, 0.2) is 0 Å². The summed E-state index contributed by atoms with van der Waals surface area (Å²) in [6.07, 6.45) is -0.725. The van der Waals surface area contributed by atoms with Gasteiger partial charge in [-0.25, -0.2) is 4.79 Å². The van der Waals surface area contributed by atoms with E-state index in [1.807, 2.05) is 16.0 Å². The number of carboxylic acid groups (broad SMARTS) is 1. The highest BCUT2D eigenvalue weighted by Gasteiger charge is 2.30. The molecule has 154 valence electrons. The number of primary amides is 1. The van der Waals surface area contributed by atoms with Crippen molar-refractivity contribution in [2.24, 2.45) is 11.5 Å². The van der Waals surface area contributed by atoms with E-state index >= 15 is 0 Å². The van der Waals surface area contributed by atoms with Crippen molar-refractivity contribution in [1.82, 2.24) is 16.0 Å². The zero-order valence-electron chi connectivity index (χ0n) is 14.1. The number of carbonyl (C=O) groups excluding carboxylic acids is 4. The predicted molar refractivity (Wildman–Crippen MR) is 86.5 cm³/mol. The van der Waals surface area contributed by atoms with Crippen LogP contribution in [0.1, 0.15) is 6.42 Å². The molecule has 11 N–H and O–H groups in total. The summed E-state index contributed by atoms with van der Waals surface area (Å²) in [5.74, 6) is -5.78. The molecular weight excluding hydrogens is 370 g/mol. The number of hydrogen-bond donors (Lipinski definition) is 9. The van der Waals surface area contributed by atoms with Crippen molar-refractivity contribution in [3.8, 4) is 0 Å². The molecule has 4 unspecified atom stereocenters. The summed E-state index contributed by atoms with van der Waals surface area (Å²) in [6.45, 7) is -2.59. The molecule has 27 heavy (non-hydrogen) atoms. The van der Waals surface area contributed by atoms with Crippen LogP contribution in [0.25, 0.3) is 0 Å². The molecular formula is C13H23N5O9. The molecule has 0 aromatic carbocycles. The number of aliphatic carboxylic acids is 1. The summed E-state index contributed by atoms with van der Waals surface area (Å²) >= 11 is 0. The fourth-order valence-corrected chi connectivity index (χ4v) is 1.70. The van der Waals surface area contributed by atoms with Gasteiger partial charge < -0.3 is 47.8 Å². The Morgan fingerprint density at radius 2 is 1.19 bits per heavy atom. The van der Waals surface area contributed by atoms with E-state index < -0.39 is 80.0 Å². The monoisotopic (exact) mass is 393 g/mol. The molecule has 4 amide bonds. The number of amides is 4. The number of aliphatic hydroxyl groups excluding tert-OH is 3. The van der Waals surface area contributed by atoms with Gasteiger partial charge in [0, 0.05) is 0 Å². The Morgan fingerprint density at radius 1 is 0.741 bits per heavy atom. The number of aliphatic hydroxyl groups is 3. The van der Waals surface area contributed by atoms with Crippen molar-refractivity contribution >= 4 is 29.6 Å². The zero-order chi connectivity index (χ0) is 21.1. The molecule has 14 heteroatoms. The first kappa shape index (κ1) is 24.2. The Balaban J connectivity index is 5.16. The minimum absolute atomic E-state index is 0.725. The highest BCUT2D eigenvalue weighted by atomic mass is 16.4. The first-order valence-electron chi connectivity index (χ1n) is 7.57. The predicted octanol–water partition coefficient (Wildman–Crippen LogP) is -6.29. The van der Waals surface area contributed by atoms with E-state index in [-0.39, 0.29) is 0 Å². The second kappa shape index (κ2) is 11.7. The van der Waals surface area contributed by atoms with E-state index in [0.717, 1.165) is 0 Å². The third-order valence-electron chi connectivity index (χ3n) is 3.18. The molecule has 0 heterocycles. The van der Waals surface area contributed by atoms with Crippen LogP contribution in [0.3, 0.4) is 0 Å². The maximum absolute atomic E-state index is 12.1. The molecule has 0 aromatic heterocycles. The number of rotatable bonds is 12. The summed E-state index contributed by atoms with van der Waals surface area (Å²) in [4.78, 5) is 57.7. The lowest BCUT2D eigenvalue weighted by molar-refractivity contribution is -0.143. The second-order valence-corrected chi connectivity index (χ2v) is 5.35. The quantitative estimate of drug-likeness (QED) is 0.151. The van der Waals surface area contributed by atoms with Crippen molar-refractivity contribution in [2.75, 3.05) is 19.8 Å². The normalized spacial score (nSPS) is 15.0. The minimum atomic E-state index is -1.69. The molecule has 0 bridgehead atoms. The van der Waals surface area contributed by atoms with Crippen LogP contribution < -0.4 is 27.4 Å². The molecule has 0 saturated heterocycles. The molecule has 0 spiro atoms. The van der Waals surface area contributed by atoms with Gasteiger partial charge in [-0.3, -0.25) is 19.2 Å². The van der Waals surface area contributed by atoms with Crippen molar-refractivity contribution in [3.05, 3.63) is 0 Å². The Kier molecular flexibility index (Phi) is 10.5. The van der Waals surface area contributed by atoms with E-state index in [9.17, 15) is 29.1 Å². The molecule has 0 rings (SSSR count). The smallest absolute Gasteiger partial charge is 0.328 e. The molecule has 0 fully saturated rings. The summed E-state index contributed by atoms with van der Waals surface area (Å²) in [5, 5.41) is 41.6. The van der Waals surface area contributed by atoms with Gasteiger partial charge in [0.05, 0.1) is 26.2 Å². The number of carboxylic acids is 1. The Labute approximate surface area is 152 Å². The van der Waals surface area contributed by atoms with E-state index in [1.54, 1.807) is 0 Å². The largest absolute Gasteiger partial charge is 0.480 e. The molecule has 0 aliphatic heterocycles. The fraction of sp³-hybridized carbons (Fsp3) is 0.615. The average molecular weight is 393 g/mol. The number of nitrogens with two attached hydrogens (primary N) is 2. The fourth-order valence-electron chi connectivity index (χ4n) is 1.70. The Bertz CT molecular complexity index is 570. The van der Waals surface area contributed by atoms with Gasteiger partial charge in [0.2, 0.25) is 23.6 Å². The standard InChI is InChI=1S/C13H23N5O9/c14-5(2-19)10(23)17-7(3-20)12(25)16-6(1-9(15)22)11(24)18-8(4-21)13(26)27/h5-8,19-21H,1-4,14H2,(H2,15,22)(H,16,25)(H,17,23)(H,18,24)(H,26,27). The molecule has 0 radical (unpaired) electrons. The number of carbonyl (C=O) groups is 5. The van der Waals surface area contributed by atoms with Crippen molar-refractivity contribution in [1.29, 1.82) is 0 Å². The Hall–Kier alpha value is -2.81. The molecule has 0 aromatic rings. The average Bonchev–Trinajstić information content (AvgIpc) is 2.61. The van der Waals surface area contributed by atoms with E-state index in [4.69, 9.17) is 26.8 Å².